The second-order valence-electron chi connectivity index (χ2n) is 19.4. The molecule has 4 atom stereocenters. The van der Waals surface area contributed by atoms with E-state index >= 15 is 0 Å². The summed E-state index contributed by atoms with van der Waals surface area (Å²) in [7, 11) is 9.78. The van der Waals surface area contributed by atoms with E-state index in [0.717, 1.165) is 56.3 Å². The zero-order chi connectivity index (χ0) is 57.1. The number of methoxy groups -OCH3 is 8. The van der Waals surface area contributed by atoms with Crippen LogP contribution in [0.15, 0.2) is 60.7 Å². The van der Waals surface area contributed by atoms with Gasteiger partial charge in [-0.1, -0.05) is 12.1 Å². The molecule has 1 unspecified atom stereocenters. The van der Waals surface area contributed by atoms with Gasteiger partial charge in [0.25, 0.3) is 0 Å². The lowest BCUT2D eigenvalue weighted by Crippen LogP contribution is -2.53. The fraction of sp³-hybridized carbons (Fsp3) is 0.527. The predicted molar refractivity (Wildman–Crippen MR) is 287 cm³/mol. The van der Waals surface area contributed by atoms with Crippen LogP contribution in [-0.4, -0.2) is 170 Å². The maximum Gasteiger partial charge on any atom is 0.311 e. The number of likely N-dealkylation sites (N-methyl/N-ethyl adjacent to an activating group) is 2. The van der Waals surface area contributed by atoms with Gasteiger partial charge in [-0.2, -0.15) is 0 Å². The van der Waals surface area contributed by atoms with Gasteiger partial charge in [-0.3, -0.25) is 9.59 Å². The Labute approximate surface area is 455 Å². The van der Waals surface area contributed by atoms with Gasteiger partial charge in [0.2, 0.25) is 0 Å². The van der Waals surface area contributed by atoms with Crippen LogP contribution < -0.4 is 37.9 Å². The molecule has 0 amide bonds. The molecule has 4 aromatic carbocycles. The molecule has 428 valence electrons. The van der Waals surface area contributed by atoms with Crippen LogP contribution >= 0.6 is 0 Å². The summed E-state index contributed by atoms with van der Waals surface area (Å²) in [5.74, 6) is 5.06. The number of esters is 2. The Bertz CT molecular complexity index is 2620. The van der Waals surface area contributed by atoms with Gasteiger partial charge in [0, 0.05) is 49.3 Å². The molecule has 0 N–H and O–H groups in total. The summed E-state index contributed by atoms with van der Waals surface area (Å²) < 4.78 is 112. The molecule has 0 saturated carbocycles. The summed E-state index contributed by atoms with van der Waals surface area (Å²) in [6.07, 6.45) is 7.06. The molecule has 0 bridgehead atoms. The molecular weight excluding hydrogens is 1040 g/mol. The standard InChI is InChI=1S/C53H72N2O12.2CH4O3S/c1-54(22-18-38-32-48(62-7)50(64-9)34-40(38)42(54)28-36-14-16-44(58-3)46(30-36)60-5)24-20-52(56)66-26-12-11-13-27-67-53(57)21-25-55(2)23-19-39-33-49(63-8)51(65-10)35-41(39)43(55)29-37-15-17-45(59-4)47(31-37)61-6;2*1-5(2,3)4/h14-17,30-35,42-43H,11-13,18-29H2,1-10H3;2*1H3,(H,2,3,4)/q+2;;/p-2/t42-,43-,54-,55?;;/m1../s1. The topological polar surface area (TPSA) is 241 Å². The maximum atomic E-state index is 13.2. The van der Waals surface area contributed by atoms with Crippen molar-refractivity contribution in [3.8, 4) is 46.0 Å². The molecule has 77 heavy (non-hydrogen) atoms. The summed E-state index contributed by atoms with van der Waals surface area (Å²) in [5.41, 5.74) is 7.00. The summed E-state index contributed by atoms with van der Waals surface area (Å²) >= 11 is 0. The molecular formula is C55H78N2O18S2. The van der Waals surface area contributed by atoms with E-state index in [2.05, 4.69) is 50.5 Å². The lowest BCUT2D eigenvalue weighted by atomic mass is 9.86. The highest BCUT2D eigenvalue weighted by Gasteiger charge is 2.42. The quantitative estimate of drug-likeness (QED) is 0.0320. The van der Waals surface area contributed by atoms with Crippen molar-refractivity contribution in [1.29, 1.82) is 0 Å². The van der Waals surface area contributed by atoms with Gasteiger partial charge >= 0.3 is 11.9 Å². The van der Waals surface area contributed by atoms with Crippen molar-refractivity contribution in [3.63, 3.8) is 0 Å². The zero-order valence-corrected chi connectivity index (χ0v) is 48.2. The molecule has 2 heterocycles. The van der Waals surface area contributed by atoms with E-state index in [9.17, 15) is 9.59 Å². The molecule has 20 nitrogen and oxygen atoms in total. The number of benzene rings is 4. The minimum absolute atomic E-state index is 0.0393. The minimum Gasteiger partial charge on any atom is -0.748 e. The molecule has 0 spiro atoms. The molecule has 2 aliphatic heterocycles. The first-order valence-corrected chi connectivity index (χ1v) is 28.7. The second-order valence-corrected chi connectivity index (χ2v) is 22.2. The average Bonchev–Trinajstić information content (AvgIpc) is 3.39. The van der Waals surface area contributed by atoms with Crippen LogP contribution in [0.1, 0.15) is 77.6 Å². The van der Waals surface area contributed by atoms with Crippen LogP contribution in [0.5, 0.6) is 46.0 Å². The Morgan fingerprint density at radius 1 is 0.481 bits per heavy atom. The highest BCUT2D eigenvalue weighted by atomic mass is 32.2. The third kappa shape index (κ3) is 19.1. The van der Waals surface area contributed by atoms with E-state index in [1.807, 2.05) is 24.3 Å². The number of ether oxygens (including phenoxy) is 10. The first-order chi connectivity index (χ1) is 36.4. The van der Waals surface area contributed by atoms with Crippen molar-refractivity contribution in [2.45, 2.75) is 69.9 Å². The number of carbonyl (C=O) groups excluding carboxylic acids is 2. The van der Waals surface area contributed by atoms with Gasteiger partial charge in [0.05, 0.1) is 143 Å². The predicted octanol–water partition coefficient (Wildman–Crippen LogP) is 6.39. The highest BCUT2D eigenvalue weighted by molar-refractivity contribution is 7.85. The number of fused-ring (bicyclic) bond motifs is 2. The molecule has 22 heteroatoms. The van der Waals surface area contributed by atoms with Crippen LogP contribution in [0, 0.1) is 0 Å². The number of hydrogen-bond acceptors (Lipinski definition) is 18. The van der Waals surface area contributed by atoms with E-state index in [1.54, 1.807) is 56.9 Å². The summed E-state index contributed by atoms with van der Waals surface area (Å²) in [6, 6.07) is 20.5. The highest BCUT2D eigenvalue weighted by Crippen LogP contribution is 2.45. The third-order valence-corrected chi connectivity index (χ3v) is 14.0. The number of unbranched alkanes of at least 4 members (excludes halogenated alkanes) is 2. The fourth-order valence-corrected chi connectivity index (χ4v) is 9.91. The molecule has 0 radical (unpaired) electrons. The molecule has 0 aliphatic carbocycles. The minimum atomic E-state index is -3.92. The van der Waals surface area contributed by atoms with E-state index in [4.69, 9.17) is 73.3 Å². The van der Waals surface area contributed by atoms with Gasteiger partial charge in [0.15, 0.2) is 46.0 Å². The Kier molecular flexibility index (Phi) is 24.0. The van der Waals surface area contributed by atoms with E-state index in [-0.39, 0.29) is 24.0 Å². The van der Waals surface area contributed by atoms with Crippen LogP contribution in [0.3, 0.4) is 0 Å². The van der Waals surface area contributed by atoms with Crippen LogP contribution in [0.4, 0.5) is 0 Å². The van der Waals surface area contributed by atoms with E-state index < -0.39 is 20.2 Å². The third-order valence-electron chi connectivity index (χ3n) is 14.0. The maximum absolute atomic E-state index is 13.2. The van der Waals surface area contributed by atoms with Crippen LogP contribution in [0.2, 0.25) is 0 Å². The number of quaternary nitrogens is 2. The first kappa shape index (κ1) is 63.5. The first-order valence-electron chi connectivity index (χ1n) is 25.1. The molecule has 6 rings (SSSR count). The second kappa shape index (κ2) is 29.1. The van der Waals surface area contributed by atoms with E-state index in [0.29, 0.717) is 119 Å². The summed E-state index contributed by atoms with van der Waals surface area (Å²) in [4.78, 5) is 26.4. The smallest absolute Gasteiger partial charge is 0.311 e. The Morgan fingerprint density at radius 2 is 0.779 bits per heavy atom. The van der Waals surface area contributed by atoms with Crippen molar-refractivity contribution in [2.24, 2.45) is 0 Å². The van der Waals surface area contributed by atoms with Gasteiger partial charge in [-0.15, -0.1) is 0 Å². The van der Waals surface area contributed by atoms with Crippen molar-refractivity contribution in [2.75, 3.05) is 123 Å². The number of hydrogen-bond donors (Lipinski definition) is 0. The molecule has 2 aliphatic rings. The lowest BCUT2D eigenvalue weighted by molar-refractivity contribution is -0.940. The Hall–Kier alpha value is -6.04. The molecule has 4 aromatic rings. The zero-order valence-electron chi connectivity index (χ0n) is 46.6. The van der Waals surface area contributed by atoms with Crippen LogP contribution in [0.25, 0.3) is 0 Å². The monoisotopic (exact) mass is 1120 g/mol. The Morgan fingerprint density at radius 3 is 1.09 bits per heavy atom. The number of nitrogens with zero attached hydrogens (tertiary/aromatic N) is 2. The fourth-order valence-electron chi connectivity index (χ4n) is 9.91. The van der Waals surface area contributed by atoms with Crippen molar-refractivity contribution in [1.82, 2.24) is 0 Å². The number of rotatable bonds is 24. The SMILES string of the molecule is COc1ccc(C[C@@H]2c3cc(OC)c(OC)cc3CC[N+]2(C)CCC(=O)OCCCCCOC(=O)CC[N@@+]2(C)CCc3cc(OC)c(OC)cc3[C@H]2Cc2ccc(OC)c(OC)c2)cc1OC.CS(=O)(=O)[O-].CS(=O)(=O)[O-]. The molecule has 0 saturated heterocycles. The molecule has 0 aromatic heterocycles. The normalized spacial score (nSPS) is 18.5. The van der Waals surface area contributed by atoms with Crippen molar-refractivity contribution in [3.05, 3.63) is 94.0 Å². The summed E-state index contributed by atoms with van der Waals surface area (Å²) in [5, 5.41) is 0. The largest absolute Gasteiger partial charge is 0.748 e. The van der Waals surface area contributed by atoms with Gasteiger partial charge in [-0.25, -0.2) is 16.8 Å². The Balaban J connectivity index is 0.00000117. The van der Waals surface area contributed by atoms with Gasteiger partial charge in [0.1, 0.15) is 12.1 Å². The lowest BCUT2D eigenvalue weighted by Gasteiger charge is -2.46. The van der Waals surface area contributed by atoms with Crippen molar-refractivity contribution >= 4 is 32.2 Å². The van der Waals surface area contributed by atoms with Gasteiger partial charge in [-0.05, 0) is 90.0 Å². The average molecular weight is 1120 g/mol. The summed E-state index contributed by atoms with van der Waals surface area (Å²) in [6.45, 7) is 3.57. The van der Waals surface area contributed by atoms with Gasteiger partial charge < -0.3 is 65.4 Å². The van der Waals surface area contributed by atoms with Crippen LogP contribution in [-0.2, 0) is 65.0 Å². The van der Waals surface area contributed by atoms with E-state index in [1.165, 1.54) is 22.3 Å². The molecule has 0 fully saturated rings. The number of carbonyl (C=O) groups is 2. The van der Waals surface area contributed by atoms with Crippen molar-refractivity contribution < 1.29 is 91.9 Å².